The lowest BCUT2D eigenvalue weighted by Gasteiger charge is -2.38. The number of likely N-dealkylation sites (tertiary alicyclic amines) is 1. The van der Waals surface area contributed by atoms with Crippen molar-refractivity contribution >= 4 is 17.3 Å². The summed E-state index contributed by atoms with van der Waals surface area (Å²) in [5.74, 6) is 0.974. The second-order valence-electron chi connectivity index (χ2n) is 6.51. The minimum Gasteiger partial charge on any atom is -0.382 e. The summed E-state index contributed by atoms with van der Waals surface area (Å²) in [7, 11) is 0. The number of rotatable bonds is 1. The van der Waals surface area contributed by atoms with Crippen LogP contribution in [0.3, 0.4) is 0 Å². The predicted octanol–water partition coefficient (Wildman–Crippen LogP) is 2.93. The number of benzene rings is 1. The lowest BCUT2D eigenvalue weighted by molar-refractivity contribution is 0.0548. The average molecular weight is 285 g/mol. The second-order valence-corrected chi connectivity index (χ2v) is 6.51. The largest absolute Gasteiger partial charge is 0.382 e. The van der Waals surface area contributed by atoms with Crippen LogP contribution in [0, 0.1) is 5.92 Å². The van der Waals surface area contributed by atoms with E-state index >= 15 is 0 Å². The molecule has 0 aromatic heterocycles. The summed E-state index contributed by atoms with van der Waals surface area (Å²) in [6, 6.07) is 6.51. The van der Waals surface area contributed by atoms with E-state index in [4.69, 9.17) is 0 Å². The van der Waals surface area contributed by atoms with E-state index < -0.39 is 0 Å². The molecule has 1 saturated heterocycles. The first kappa shape index (κ1) is 13.0. The summed E-state index contributed by atoms with van der Waals surface area (Å²) in [4.78, 5) is 15.1. The van der Waals surface area contributed by atoms with E-state index in [0.717, 1.165) is 48.9 Å². The number of anilines is 2. The summed E-state index contributed by atoms with van der Waals surface area (Å²) in [6.45, 7) is 2.79. The Balaban J connectivity index is 1.59. The van der Waals surface area contributed by atoms with Crippen LogP contribution in [-0.4, -0.2) is 36.5 Å². The standard InChI is InChI=1S/C17H23N3O/c21-17(20-10-2-4-12-3-1-5-16(12)20)13-6-7-14-15(11-13)19-9-8-18-14/h6-7,11-12,16,18-19H,1-5,8-10H2. The van der Waals surface area contributed by atoms with Crippen molar-refractivity contribution < 1.29 is 4.79 Å². The lowest BCUT2D eigenvalue weighted by atomic mass is 9.91. The van der Waals surface area contributed by atoms with E-state index in [2.05, 4.69) is 15.5 Å². The lowest BCUT2D eigenvalue weighted by Crippen LogP contribution is -2.46. The third kappa shape index (κ3) is 2.27. The van der Waals surface area contributed by atoms with Crippen molar-refractivity contribution in [2.75, 3.05) is 30.3 Å². The summed E-state index contributed by atoms with van der Waals surface area (Å²) in [6.07, 6.45) is 6.27. The van der Waals surface area contributed by atoms with E-state index in [0.29, 0.717) is 6.04 Å². The molecule has 1 aliphatic carbocycles. The van der Waals surface area contributed by atoms with Gasteiger partial charge in [-0.3, -0.25) is 4.79 Å². The summed E-state index contributed by atoms with van der Waals surface area (Å²) in [5.41, 5.74) is 3.00. The SMILES string of the molecule is O=C(c1ccc2c(c1)NCCN2)N1CCCC2CCCC21. The van der Waals surface area contributed by atoms with Crippen LogP contribution in [0.1, 0.15) is 42.5 Å². The van der Waals surface area contributed by atoms with Gasteiger partial charge in [-0.1, -0.05) is 6.42 Å². The van der Waals surface area contributed by atoms with Crippen LogP contribution in [0.15, 0.2) is 18.2 Å². The topological polar surface area (TPSA) is 44.4 Å². The molecule has 4 rings (SSSR count). The highest BCUT2D eigenvalue weighted by Gasteiger charge is 2.37. The molecule has 1 amide bonds. The molecule has 3 aliphatic rings. The minimum atomic E-state index is 0.224. The van der Waals surface area contributed by atoms with Gasteiger partial charge in [-0.15, -0.1) is 0 Å². The van der Waals surface area contributed by atoms with Crippen LogP contribution in [0.25, 0.3) is 0 Å². The highest BCUT2D eigenvalue weighted by molar-refractivity contribution is 5.96. The van der Waals surface area contributed by atoms with Crippen molar-refractivity contribution in [2.24, 2.45) is 5.92 Å². The molecule has 1 saturated carbocycles. The van der Waals surface area contributed by atoms with Gasteiger partial charge in [0.1, 0.15) is 0 Å². The number of carbonyl (C=O) groups excluding carboxylic acids is 1. The molecule has 2 fully saturated rings. The average Bonchev–Trinajstić information content (AvgIpc) is 3.02. The molecule has 2 unspecified atom stereocenters. The highest BCUT2D eigenvalue weighted by Crippen LogP contribution is 2.37. The van der Waals surface area contributed by atoms with Crippen molar-refractivity contribution in [3.8, 4) is 0 Å². The zero-order chi connectivity index (χ0) is 14.2. The second kappa shape index (κ2) is 5.24. The fourth-order valence-electron chi connectivity index (χ4n) is 4.24. The molecule has 0 spiro atoms. The van der Waals surface area contributed by atoms with Crippen molar-refractivity contribution in [3.05, 3.63) is 23.8 Å². The molecule has 2 N–H and O–H groups in total. The van der Waals surface area contributed by atoms with E-state index in [9.17, 15) is 4.79 Å². The molecule has 2 aliphatic heterocycles. The Labute approximate surface area is 125 Å². The fourth-order valence-corrected chi connectivity index (χ4v) is 4.24. The van der Waals surface area contributed by atoms with Crippen LogP contribution in [-0.2, 0) is 0 Å². The van der Waals surface area contributed by atoms with E-state index in [1.165, 1.54) is 25.7 Å². The quantitative estimate of drug-likeness (QED) is 0.834. The summed E-state index contributed by atoms with van der Waals surface area (Å²) < 4.78 is 0. The third-order valence-corrected chi connectivity index (χ3v) is 5.28. The molecule has 1 aromatic carbocycles. The summed E-state index contributed by atoms with van der Waals surface area (Å²) in [5, 5.41) is 6.73. The highest BCUT2D eigenvalue weighted by atomic mass is 16.2. The number of piperidine rings is 1. The third-order valence-electron chi connectivity index (χ3n) is 5.28. The normalized spacial score (nSPS) is 27.3. The maximum absolute atomic E-state index is 12.9. The van der Waals surface area contributed by atoms with Gasteiger partial charge in [-0.25, -0.2) is 0 Å². The molecule has 4 nitrogen and oxygen atoms in total. The van der Waals surface area contributed by atoms with Crippen LogP contribution in [0.4, 0.5) is 11.4 Å². The Kier molecular flexibility index (Phi) is 3.24. The van der Waals surface area contributed by atoms with E-state index in [-0.39, 0.29) is 5.91 Å². The Morgan fingerprint density at radius 2 is 1.86 bits per heavy atom. The molecule has 4 heteroatoms. The van der Waals surface area contributed by atoms with E-state index in [1.54, 1.807) is 0 Å². The zero-order valence-corrected chi connectivity index (χ0v) is 12.4. The minimum absolute atomic E-state index is 0.224. The molecule has 21 heavy (non-hydrogen) atoms. The molecule has 0 radical (unpaired) electrons. The van der Waals surface area contributed by atoms with Gasteiger partial charge in [0, 0.05) is 31.2 Å². The van der Waals surface area contributed by atoms with Crippen molar-refractivity contribution in [1.29, 1.82) is 0 Å². The number of nitrogens with one attached hydrogen (secondary N) is 2. The predicted molar refractivity (Wildman–Crippen MR) is 84.8 cm³/mol. The molecule has 112 valence electrons. The monoisotopic (exact) mass is 285 g/mol. The number of carbonyl (C=O) groups is 1. The van der Waals surface area contributed by atoms with Crippen LogP contribution >= 0.6 is 0 Å². The van der Waals surface area contributed by atoms with Gasteiger partial charge in [-0.05, 0) is 49.8 Å². The maximum Gasteiger partial charge on any atom is 0.254 e. The number of hydrogen-bond acceptors (Lipinski definition) is 3. The smallest absolute Gasteiger partial charge is 0.254 e. The van der Waals surface area contributed by atoms with Crippen molar-refractivity contribution in [2.45, 2.75) is 38.1 Å². The fraction of sp³-hybridized carbons (Fsp3) is 0.588. The maximum atomic E-state index is 12.9. The van der Waals surface area contributed by atoms with Crippen LogP contribution in [0.2, 0.25) is 0 Å². The van der Waals surface area contributed by atoms with Gasteiger partial charge in [0.05, 0.1) is 11.4 Å². The van der Waals surface area contributed by atoms with Gasteiger partial charge in [0.25, 0.3) is 5.91 Å². The Hall–Kier alpha value is -1.71. The zero-order valence-electron chi connectivity index (χ0n) is 12.4. The van der Waals surface area contributed by atoms with Gasteiger partial charge in [0.2, 0.25) is 0 Å². The van der Waals surface area contributed by atoms with Crippen LogP contribution < -0.4 is 10.6 Å². The van der Waals surface area contributed by atoms with Crippen LogP contribution in [0.5, 0.6) is 0 Å². The molecular weight excluding hydrogens is 262 g/mol. The molecule has 2 heterocycles. The number of fused-ring (bicyclic) bond motifs is 2. The molecule has 1 aromatic rings. The Morgan fingerprint density at radius 3 is 2.76 bits per heavy atom. The van der Waals surface area contributed by atoms with Gasteiger partial charge >= 0.3 is 0 Å². The summed E-state index contributed by atoms with van der Waals surface area (Å²) >= 11 is 0. The first-order chi connectivity index (χ1) is 10.3. The van der Waals surface area contributed by atoms with Gasteiger partial charge < -0.3 is 15.5 Å². The molecular formula is C17H23N3O. The Bertz CT molecular complexity index is 557. The Morgan fingerprint density at radius 1 is 1.05 bits per heavy atom. The number of amides is 1. The number of nitrogens with zero attached hydrogens (tertiary/aromatic N) is 1. The first-order valence-electron chi connectivity index (χ1n) is 8.26. The molecule has 2 atom stereocenters. The number of hydrogen-bond donors (Lipinski definition) is 2. The first-order valence-corrected chi connectivity index (χ1v) is 8.26. The molecule has 0 bridgehead atoms. The van der Waals surface area contributed by atoms with Gasteiger partial charge in [0.15, 0.2) is 0 Å². The van der Waals surface area contributed by atoms with Gasteiger partial charge in [-0.2, -0.15) is 0 Å². The van der Waals surface area contributed by atoms with Crippen molar-refractivity contribution in [1.82, 2.24) is 4.90 Å². The van der Waals surface area contributed by atoms with E-state index in [1.807, 2.05) is 18.2 Å². The van der Waals surface area contributed by atoms with Crippen molar-refractivity contribution in [3.63, 3.8) is 0 Å².